The number of amides is 1. The van der Waals surface area contributed by atoms with E-state index in [0.717, 1.165) is 11.1 Å². The van der Waals surface area contributed by atoms with Gasteiger partial charge in [-0.15, -0.1) is 0 Å². The fraction of sp³-hybridized carbons (Fsp3) is 0.323. The highest BCUT2D eigenvalue weighted by atomic mass is 28.3. The number of nitrogens with zero attached hydrogens (tertiary/aromatic N) is 1. The maximum absolute atomic E-state index is 14.2. The molecular formula is C31H37NO3Si. The van der Waals surface area contributed by atoms with E-state index in [1.54, 1.807) is 12.0 Å². The summed E-state index contributed by atoms with van der Waals surface area (Å²) in [6.45, 7) is 13.7. The molecule has 4 nitrogen and oxygen atoms in total. The van der Waals surface area contributed by atoms with Crippen molar-refractivity contribution in [3.05, 3.63) is 84.3 Å². The van der Waals surface area contributed by atoms with E-state index in [1.165, 1.54) is 0 Å². The first-order valence-corrected chi connectivity index (χ1v) is 15.1. The van der Waals surface area contributed by atoms with E-state index in [0.29, 0.717) is 45.3 Å². The molecule has 1 aliphatic rings. The highest BCUT2D eigenvalue weighted by Crippen LogP contribution is 2.49. The van der Waals surface area contributed by atoms with Crippen LogP contribution in [0.25, 0.3) is 11.1 Å². The zero-order chi connectivity index (χ0) is 26.0. The summed E-state index contributed by atoms with van der Waals surface area (Å²) >= 11 is 0. The summed E-state index contributed by atoms with van der Waals surface area (Å²) in [4.78, 5) is 16.0. The molecule has 1 aliphatic heterocycles. The number of hydrogen-bond donors (Lipinski definition) is 0. The molecule has 36 heavy (non-hydrogen) atoms. The Kier molecular flexibility index (Phi) is 7.41. The van der Waals surface area contributed by atoms with E-state index in [4.69, 9.17) is 9.47 Å². The van der Waals surface area contributed by atoms with E-state index in [1.807, 2.05) is 54.6 Å². The van der Waals surface area contributed by atoms with Gasteiger partial charge in [0.25, 0.3) is 5.91 Å². The molecule has 4 rings (SSSR count). The highest BCUT2D eigenvalue weighted by molar-refractivity contribution is 6.88. The Labute approximate surface area is 216 Å². The first kappa shape index (κ1) is 25.8. The highest BCUT2D eigenvalue weighted by Gasteiger charge is 2.44. The van der Waals surface area contributed by atoms with Gasteiger partial charge in [-0.2, -0.15) is 0 Å². The van der Waals surface area contributed by atoms with Gasteiger partial charge in [-0.1, -0.05) is 96.1 Å². The minimum atomic E-state index is -2.09. The number of rotatable bonds is 7. The van der Waals surface area contributed by atoms with Crippen LogP contribution in [0.3, 0.4) is 0 Å². The first-order chi connectivity index (χ1) is 17.2. The molecule has 0 saturated heterocycles. The van der Waals surface area contributed by atoms with E-state index in [-0.39, 0.29) is 5.91 Å². The summed E-state index contributed by atoms with van der Waals surface area (Å²) in [6.07, 6.45) is 0. The van der Waals surface area contributed by atoms with E-state index >= 15 is 0 Å². The number of benzene rings is 3. The number of hydrogen-bond acceptors (Lipinski definition) is 3. The average molecular weight is 500 g/mol. The third kappa shape index (κ3) is 4.37. The third-order valence-electron chi connectivity index (χ3n) is 7.65. The monoisotopic (exact) mass is 499 g/mol. The summed E-state index contributed by atoms with van der Waals surface area (Å²) in [7, 11) is -0.458. The predicted octanol–water partition coefficient (Wildman–Crippen LogP) is 8.52. The van der Waals surface area contributed by atoms with Gasteiger partial charge < -0.3 is 9.47 Å². The molecule has 0 aliphatic carbocycles. The molecule has 0 aromatic heterocycles. The van der Waals surface area contributed by atoms with Crippen molar-refractivity contribution in [3.63, 3.8) is 0 Å². The largest absolute Gasteiger partial charge is 0.495 e. The number of para-hydroxylation sites is 3. The number of carbonyl (C=O) groups is 1. The Morgan fingerprint density at radius 2 is 1.36 bits per heavy atom. The lowest BCUT2D eigenvalue weighted by atomic mass is 10.0. The summed E-state index contributed by atoms with van der Waals surface area (Å²) in [6, 6.07) is 23.8. The van der Waals surface area contributed by atoms with Crippen molar-refractivity contribution in [1.29, 1.82) is 0 Å². The predicted molar refractivity (Wildman–Crippen MR) is 152 cm³/mol. The molecular weight excluding hydrogens is 462 g/mol. The van der Waals surface area contributed by atoms with E-state index in [2.05, 4.69) is 65.4 Å². The van der Waals surface area contributed by atoms with Gasteiger partial charge in [0.05, 0.1) is 26.6 Å². The second-order valence-electron chi connectivity index (χ2n) is 10.4. The van der Waals surface area contributed by atoms with E-state index in [9.17, 15) is 4.79 Å². The van der Waals surface area contributed by atoms with Crippen LogP contribution >= 0.6 is 0 Å². The minimum Gasteiger partial charge on any atom is -0.495 e. The molecule has 0 spiro atoms. The Hall–Kier alpha value is -3.31. The lowest BCUT2D eigenvalue weighted by Gasteiger charge is -2.42. The van der Waals surface area contributed by atoms with Gasteiger partial charge in [-0.05, 0) is 46.1 Å². The molecule has 5 heteroatoms. The molecule has 0 atom stereocenters. The molecule has 0 radical (unpaired) electrons. The van der Waals surface area contributed by atoms with Gasteiger partial charge in [0.15, 0.2) is 11.5 Å². The number of methoxy groups -OCH3 is 1. The topological polar surface area (TPSA) is 38.8 Å². The fourth-order valence-electron chi connectivity index (χ4n) is 5.90. The van der Waals surface area contributed by atoms with Gasteiger partial charge in [0, 0.05) is 5.56 Å². The lowest BCUT2D eigenvalue weighted by molar-refractivity contribution is -0.116. The standard InChI is InChI=1S/C31H37NO3Si/c1-21(2)36(22(3)4,23(5)6)20-29-31(33)32(26-17-11-12-19-28(26)34-7)27-18-13-16-25(30(27)35-29)24-14-9-8-10-15-24/h8-23H,1-7H3/b29-20-. The van der Waals surface area contributed by atoms with Crippen molar-refractivity contribution in [2.75, 3.05) is 12.0 Å². The van der Waals surface area contributed by atoms with E-state index < -0.39 is 8.07 Å². The van der Waals surface area contributed by atoms with Crippen molar-refractivity contribution in [2.24, 2.45) is 0 Å². The molecule has 1 amide bonds. The Bertz CT molecular complexity index is 1240. The summed E-state index contributed by atoms with van der Waals surface area (Å²) in [5.74, 6) is 1.60. The Morgan fingerprint density at radius 1 is 0.778 bits per heavy atom. The van der Waals surface area contributed by atoms with Crippen LogP contribution in [-0.4, -0.2) is 21.1 Å². The zero-order valence-electron chi connectivity index (χ0n) is 22.4. The van der Waals surface area contributed by atoms with Crippen LogP contribution in [0.4, 0.5) is 11.4 Å². The van der Waals surface area contributed by atoms with Gasteiger partial charge in [0.2, 0.25) is 0 Å². The lowest BCUT2D eigenvalue weighted by Crippen LogP contribution is -2.45. The Balaban J connectivity index is 2.01. The van der Waals surface area contributed by atoms with Gasteiger partial charge >= 0.3 is 0 Å². The normalized spacial score (nSPS) is 15.0. The van der Waals surface area contributed by atoms with Crippen molar-refractivity contribution in [2.45, 2.75) is 58.2 Å². The first-order valence-electron chi connectivity index (χ1n) is 12.8. The maximum atomic E-state index is 14.2. The number of fused-ring (bicyclic) bond motifs is 1. The quantitative estimate of drug-likeness (QED) is 0.241. The maximum Gasteiger partial charge on any atom is 0.298 e. The number of anilines is 2. The molecule has 0 bridgehead atoms. The molecule has 188 valence electrons. The molecule has 3 aromatic rings. The molecule has 0 fully saturated rings. The third-order valence-corrected chi connectivity index (χ3v) is 14.4. The van der Waals surface area contributed by atoms with Crippen LogP contribution in [-0.2, 0) is 4.79 Å². The number of ether oxygens (including phenoxy) is 2. The fourth-order valence-corrected chi connectivity index (χ4v) is 11.5. The van der Waals surface area contributed by atoms with Crippen LogP contribution in [0, 0.1) is 0 Å². The molecule has 0 saturated carbocycles. The Morgan fingerprint density at radius 3 is 1.97 bits per heavy atom. The number of carbonyl (C=O) groups excluding carboxylic acids is 1. The molecule has 0 unspecified atom stereocenters. The SMILES string of the molecule is COc1ccccc1N1C(=O)/C(=C/[Si](C(C)C)(C(C)C)C(C)C)Oc2c(-c3ccccc3)cccc21. The summed E-state index contributed by atoms with van der Waals surface area (Å²) in [5.41, 5.74) is 7.01. The smallest absolute Gasteiger partial charge is 0.298 e. The minimum absolute atomic E-state index is 0.156. The second-order valence-corrected chi connectivity index (χ2v) is 16.2. The van der Waals surface area contributed by atoms with Crippen LogP contribution in [0.5, 0.6) is 11.5 Å². The van der Waals surface area contributed by atoms with Crippen molar-refractivity contribution in [1.82, 2.24) is 0 Å². The van der Waals surface area contributed by atoms with Crippen LogP contribution in [0.2, 0.25) is 16.6 Å². The van der Waals surface area contributed by atoms with Crippen LogP contribution in [0.15, 0.2) is 84.3 Å². The van der Waals surface area contributed by atoms with Crippen LogP contribution in [0.1, 0.15) is 41.5 Å². The molecule has 0 N–H and O–H groups in total. The van der Waals surface area contributed by atoms with Crippen molar-refractivity contribution < 1.29 is 14.3 Å². The average Bonchev–Trinajstić information content (AvgIpc) is 2.87. The molecule has 3 aromatic carbocycles. The second kappa shape index (κ2) is 10.4. The van der Waals surface area contributed by atoms with Gasteiger partial charge in [-0.3, -0.25) is 9.69 Å². The zero-order valence-corrected chi connectivity index (χ0v) is 23.4. The molecule has 1 heterocycles. The van der Waals surface area contributed by atoms with Gasteiger partial charge in [0.1, 0.15) is 5.75 Å². The van der Waals surface area contributed by atoms with Crippen molar-refractivity contribution in [3.8, 4) is 22.6 Å². The summed E-state index contributed by atoms with van der Waals surface area (Å²) in [5, 5.41) is 0. The van der Waals surface area contributed by atoms with Crippen molar-refractivity contribution >= 4 is 25.4 Å². The van der Waals surface area contributed by atoms with Gasteiger partial charge in [-0.25, -0.2) is 0 Å². The summed E-state index contributed by atoms with van der Waals surface area (Å²) < 4.78 is 12.3. The van der Waals surface area contributed by atoms with Crippen LogP contribution < -0.4 is 14.4 Å².